The predicted octanol–water partition coefficient (Wildman–Crippen LogP) is 1.66. The van der Waals surface area contributed by atoms with Crippen molar-refractivity contribution >= 4 is 0 Å². The van der Waals surface area contributed by atoms with Gasteiger partial charge in [-0.05, 0) is 24.0 Å². The first kappa shape index (κ1) is 3.32. The van der Waals surface area contributed by atoms with Gasteiger partial charge in [0.25, 0.3) is 0 Å². The number of hydrogen-bond acceptors (Lipinski definition) is 0. The van der Waals surface area contributed by atoms with Gasteiger partial charge in [-0.1, -0.05) is 11.6 Å². The van der Waals surface area contributed by atoms with Crippen molar-refractivity contribution in [1.29, 1.82) is 0 Å². The molecule has 0 nitrogen and oxygen atoms in total. The Labute approximate surface area is 48.2 Å². The fourth-order valence-corrected chi connectivity index (χ4v) is 1.84. The zero-order valence-corrected chi connectivity index (χ0v) is 4.52. The van der Waals surface area contributed by atoms with Crippen LogP contribution in [0.15, 0.2) is 29.0 Å². The summed E-state index contributed by atoms with van der Waals surface area (Å²) in [7, 11) is 0. The quantitative estimate of drug-likeness (QED) is 0.408. The van der Waals surface area contributed by atoms with Crippen LogP contribution in [0.2, 0.25) is 0 Å². The molecule has 2 fully saturated rings. The van der Waals surface area contributed by atoms with Crippen LogP contribution in [-0.4, -0.2) is 0 Å². The summed E-state index contributed by atoms with van der Waals surface area (Å²) in [6, 6.07) is 0. The molecule has 0 amide bonds. The molecule has 0 aliphatic heterocycles. The Morgan fingerprint density at radius 2 is 2.62 bits per heavy atom. The summed E-state index contributed by atoms with van der Waals surface area (Å²) in [5, 5.41) is 0. The lowest BCUT2D eigenvalue weighted by Gasteiger charge is -2.09. The Hall–Kier alpha value is -0.740. The molecule has 2 unspecified atom stereocenters. The molecular weight excluding hydrogens is 96.1 g/mol. The van der Waals surface area contributed by atoms with Crippen LogP contribution in [-0.2, 0) is 0 Å². The predicted molar refractivity (Wildman–Crippen MR) is 31.3 cm³/mol. The highest BCUT2D eigenvalue weighted by atomic mass is 14.6. The lowest BCUT2D eigenvalue weighted by molar-refractivity contribution is 0.623. The standard InChI is InChI=1S/C8H6/c1-2-5-4-7-6(3-1)8(5)7/h1,3,7-8H,4H2. The summed E-state index contributed by atoms with van der Waals surface area (Å²) in [5.41, 5.74) is 6.50. The highest BCUT2D eigenvalue weighted by Crippen LogP contribution is 2.64. The van der Waals surface area contributed by atoms with Gasteiger partial charge in [-0.3, -0.25) is 0 Å². The van der Waals surface area contributed by atoms with E-state index < -0.39 is 0 Å². The first-order valence-electron chi connectivity index (χ1n) is 3.12. The molecule has 3 aliphatic rings. The van der Waals surface area contributed by atoms with Gasteiger partial charge in [0, 0.05) is 5.92 Å². The summed E-state index contributed by atoms with van der Waals surface area (Å²) in [6.07, 6.45) is 5.62. The minimum Gasteiger partial charge on any atom is -0.121 e. The van der Waals surface area contributed by atoms with Crippen LogP contribution in [0, 0.1) is 11.8 Å². The van der Waals surface area contributed by atoms with Gasteiger partial charge in [-0.25, -0.2) is 0 Å². The fourth-order valence-electron chi connectivity index (χ4n) is 1.84. The second-order valence-electron chi connectivity index (χ2n) is 2.79. The molecule has 0 N–H and O–H groups in total. The summed E-state index contributed by atoms with van der Waals surface area (Å²) >= 11 is 0. The minimum atomic E-state index is 0.903. The Bertz CT molecular complexity index is 249. The highest BCUT2D eigenvalue weighted by molar-refractivity contribution is 5.53. The molecule has 0 radical (unpaired) electrons. The van der Waals surface area contributed by atoms with Gasteiger partial charge in [0.05, 0.1) is 0 Å². The van der Waals surface area contributed by atoms with Crippen molar-refractivity contribution in [1.82, 2.24) is 0 Å². The smallest absolute Gasteiger partial charge is 0.0159 e. The van der Waals surface area contributed by atoms with E-state index in [0.717, 1.165) is 11.8 Å². The molecular formula is C8H6. The monoisotopic (exact) mass is 102 g/mol. The molecule has 2 atom stereocenters. The zero-order valence-electron chi connectivity index (χ0n) is 4.52. The second-order valence-corrected chi connectivity index (χ2v) is 2.79. The molecule has 8 heavy (non-hydrogen) atoms. The first-order chi connectivity index (χ1) is 3.97. The van der Waals surface area contributed by atoms with Crippen LogP contribution in [0.3, 0.4) is 0 Å². The fraction of sp³-hybridized carbons (Fsp3) is 0.375. The molecule has 0 spiro atoms. The summed E-state index contributed by atoms with van der Waals surface area (Å²) in [6.45, 7) is 0. The Morgan fingerprint density at radius 3 is 3.38 bits per heavy atom. The molecule has 0 heteroatoms. The summed E-state index contributed by atoms with van der Waals surface area (Å²) in [5.74, 6) is 1.89. The second kappa shape index (κ2) is 0.744. The number of fused-ring (bicyclic) bond motifs is 1. The van der Waals surface area contributed by atoms with Gasteiger partial charge in [0.15, 0.2) is 0 Å². The van der Waals surface area contributed by atoms with Crippen LogP contribution in [0.25, 0.3) is 0 Å². The Balaban J connectivity index is 2.40. The first-order valence-corrected chi connectivity index (χ1v) is 3.12. The normalized spacial score (nSPS) is 44.0. The maximum Gasteiger partial charge on any atom is 0.0159 e. The van der Waals surface area contributed by atoms with E-state index in [4.69, 9.17) is 0 Å². The molecule has 0 aromatic heterocycles. The Kier molecular flexibility index (Phi) is 0.308. The van der Waals surface area contributed by atoms with E-state index in [1.54, 1.807) is 11.1 Å². The van der Waals surface area contributed by atoms with E-state index in [1.807, 2.05) is 0 Å². The van der Waals surface area contributed by atoms with Crippen molar-refractivity contribution in [3.63, 3.8) is 0 Å². The van der Waals surface area contributed by atoms with Gasteiger partial charge in [0.2, 0.25) is 0 Å². The molecule has 3 aliphatic carbocycles. The molecule has 0 heterocycles. The number of allylic oxidation sites excluding steroid dienone is 3. The third-order valence-corrected chi connectivity index (χ3v) is 2.44. The molecule has 0 aromatic carbocycles. The SMILES string of the molecule is C1=CC=C2C3CC=1C23. The molecule has 38 valence electrons. The van der Waals surface area contributed by atoms with Crippen molar-refractivity contribution in [2.24, 2.45) is 11.8 Å². The van der Waals surface area contributed by atoms with E-state index in [-0.39, 0.29) is 0 Å². The van der Waals surface area contributed by atoms with Crippen molar-refractivity contribution in [2.45, 2.75) is 6.42 Å². The third-order valence-electron chi connectivity index (χ3n) is 2.44. The van der Waals surface area contributed by atoms with E-state index >= 15 is 0 Å². The van der Waals surface area contributed by atoms with Crippen LogP contribution in [0.1, 0.15) is 6.42 Å². The highest BCUT2D eigenvalue weighted by Gasteiger charge is 2.55. The third kappa shape index (κ3) is 0.176. The van der Waals surface area contributed by atoms with Crippen molar-refractivity contribution in [3.8, 4) is 0 Å². The van der Waals surface area contributed by atoms with Crippen LogP contribution >= 0.6 is 0 Å². The van der Waals surface area contributed by atoms with Crippen LogP contribution in [0.5, 0.6) is 0 Å². The Morgan fingerprint density at radius 1 is 1.62 bits per heavy atom. The van der Waals surface area contributed by atoms with E-state index in [1.165, 1.54) is 6.42 Å². The summed E-state index contributed by atoms with van der Waals surface area (Å²) in [4.78, 5) is 0. The van der Waals surface area contributed by atoms with E-state index in [0.29, 0.717) is 0 Å². The summed E-state index contributed by atoms with van der Waals surface area (Å²) < 4.78 is 0. The largest absolute Gasteiger partial charge is 0.121 e. The molecule has 0 saturated heterocycles. The molecule has 0 aromatic rings. The van der Waals surface area contributed by atoms with Crippen LogP contribution < -0.4 is 0 Å². The lowest BCUT2D eigenvalue weighted by Crippen LogP contribution is -2.00. The zero-order chi connectivity index (χ0) is 5.14. The number of hydrogen-bond donors (Lipinski definition) is 0. The lowest BCUT2D eigenvalue weighted by atomic mass is 9.93. The maximum absolute atomic E-state index is 3.25. The average Bonchev–Trinajstić information content (AvgIpc) is 2.33. The van der Waals surface area contributed by atoms with Crippen molar-refractivity contribution in [3.05, 3.63) is 29.0 Å². The molecule has 2 saturated carbocycles. The maximum atomic E-state index is 3.25. The number of rotatable bonds is 0. The van der Waals surface area contributed by atoms with Gasteiger partial charge >= 0.3 is 0 Å². The molecule has 0 bridgehead atoms. The van der Waals surface area contributed by atoms with E-state index in [9.17, 15) is 0 Å². The topological polar surface area (TPSA) is 0 Å². The van der Waals surface area contributed by atoms with Gasteiger partial charge in [-0.15, -0.1) is 5.73 Å². The van der Waals surface area contributed by atoms with E-state index in [2.05, 4.69) is 17.9 Å². The van der Waals surface area contributed by atoms with Gasteiger partial charge in [-0.2, -0.15) is 0 Å². The van der Waals surface area contributed by atoms with Gasteiger partial charge in [0.1, 0.15) is 0 Å². The molecule has 3 rings (SSSR count). The average molecular weight is 102 g/mol. The van der Waals surface area contributed by atoms with Crippen molar-refractivity contribution < 1.29 is 0 Å². The minimum absolute atomic E-state index is 0.903. The van der Waals surface area contributed by atoms with Gasteiger partial charge < -0.3 is 0 Å². The van der Waals surface area contributed by atoms with Crippen molar-refractivity contribution in [2.75, 3.05) is 0 Å². The van der Waals surface area contributed by atoms with Crippen LogP contribution in [0.4, 0.5) is 0 Å².